The SMILES string of the molecule is CC(C)c1cccc(C(C)C)c1-c1c(C(=N)N)ccc(N(C)C)c1-c1c(C(C)C)cccc1C(C)C. The van der Waals surface area contributed by atoms with Crippen LogP contribution in [0.5, 0.6) is 0 Å². The number of hydrogen-bond acceptors (Lipinski definition) is 2. The molecule has 0 aromatic heterocycles. The van der Waals surface area contributed by atoms with Crippen LogP contribution in [0.4, 0.5) is 5.69 Å². The minimum Gasteiger partial charge on any atom is -0.384 e. The molecule has 0 aliphatic heterocycles. The number of amidine groups is 1. The Bertz CT molecular complexity index is 1190. The maximum atomic E-state index is 8.66. The number of anilines is 1. The summed E-state index contributed by atoms with van der Waals surface area (Å²) in [6.45, 7) is 18.1. The van der Waals surface area contributed by atoms with Crippen LogP contribution in [0, 0.1) is 5.41 Å². The molecule has 192 valence electrons. The summed E-state index contributed by atoms with van der Waals surface area (Å²) in [5.74, 6) is 1.48. The first-order valence-electron chi connectivity index (χ1n) is 13.3. The van der Waals surface area contributed by atoms with Crippen molar-refractivity contribution in [3.05, 3.63) is 76.3 Å². The summed E-state index contributed by atoms with van der Waals surface area (Å²) in [5, 5.41) is 8.66. The van der Waals surface area contributed by atoms with E-state index in [0.29, 0.717) is 23.7 Å². The van der Waals surface area contributed by atoms with Crippen molar-refractivity contribution in [3.63, 3.8) is 0 Å². The Morgan fingerprint density at radius 2 is 0.944 bits per heavy atom. The summed E-state index contributed by atoms with van der Waals surface area (Å²) < 4.78 is 0. The van der Waals surface area contributed by atoms with Gasteiger partial charge in [0.2, 0.25) is 0 Å². The third-order valence-electron chi connectivity index (χ3n) is 7.20. The van der Waals surface area contributed by atoms with Crippen LogP contribution in [0.15, 0.2) is 48.5 Å². The summed E-state index contributed by atoms with van der Waals surface area (Å²) >= 11 is 0. The van der Waals surface area contributed by atoms with E-state index >= 15 is 0 Å². The highest BCUT2D eigenvalue weighted by Gasteiger charge is 2.28. The zero-order valence-corrected chi connectivity index (χ0v) is 24.0. The van der Waals surface area contributed by atoms with Gasteiger partial charge < -0.3 is 10.6 Å². The van der Waals surface area contributed by atoms with Gasteiger partial charge in [0.25, 0.3) is 0 Å². The standard InChI is InChI=1S/C33H45N3/c1-19(2)23-13-11-14-24(20(3)4)29(23)31-27(33(34)35)17-18-28(36(9)10)32(31)30-25(21(5)6)15-12-16-26(30)22(7)8/h11-22H,1-10H3,(H3,34,35). The van der Waals surface area contributed by atoms with Gasteiger partial charge in [-0.2, -0.15) is 0 Å². The molecular formula is C33H45N3. The second-order valence-corrected chi connectivity index (χ2v) is 11.4. The quantitative estimate of drug-likeness (QED) is 0.248. The molecule has 3 aromatic rings. The van der Waals surface area contributed by atoms with E-state index in [1.54, 1.807) is 0 Å². The van der Waals surface area contributed by atoms with Gasteiger partial charge in [0, 0.05) is 36.5 Å². The predicted molar refractivity (Wildman–Crippen MR) is 159 cm³/mol. The third kappa shape index (κ3) is 5.07. The van der Waals surface area contributed by atoms with E-state index in [0.717, 1.165) is 16.8 Å². The van der Waals surface area contributed by atoms with Crippen molar-refractivity contribution >= 4 is 11.5 Å². The van der Waals surface area contributed by atoms with Crippen LogP contribution in [0.2, 0.25) is 0 Å². The Labute approximate surface area is 219 Å². The molecule has 0 aliphatic rings. The second-order valence-electron chi connectivity index (χ2n) is 11.4. The topological polar surface area (TPSA) is 53.1 Å². The molecule has 0 radical (unpaired) electrons. The highest BCUT2D eigenvalue weighted by molar-refractivity contribution is 6.09. The molecule has 36 heavy (non-hydrogen) atoms. The van der Waals surface area contributed by atoms with Crippen LogP contribution in [0.25, 0.3) is 22.3 Å². The number of nitrogens with one attached hydrogen (secondary N) is 1. The van der Waals surface area contributed by atoms with Gasteiger partial charge in [-0.25, -0.2) is 0 Å². The maximum Gasteiger partial charge on any atom is 0.123 e. The molecule has 0 spiro atoms. The number of nitrogens with two attached hydrogens (primary N) is 1. The monoisotopic (exact) mass is 483 g/mol. The lowest BCUT2D eigenvalue weighted by molar-refractivity contribution is 0.834. The minimum atomic E-state index is 0.109. The Balaban J connectivity index is 2.73. The van der Waals surface area contributed by atoms with Gasteiger partial charge in [0.05, 0.1) is 0 Å². The van der Waals surface area contributed by atoms with E-state index in [2.05, 4.69) is 117 Å². The molecule has 3 rings (SSSR count). The maximum absolute atomic E-state index is 8.66. The van der Waals surface area contributed by atoms with Gasteiger partial charge >= 0.3 is 0 Å². The lowest BCUT2D eigenvalue weighted by Gasteiger charge is -2.30. The van der Waals surface area contributed by atoms with Crippen molar-refractivity contribution in [1.29, 1.82) is 5.41 Å². The van der Waals surface area contributed by atoms with E-state index in [1.165, 1.54) is 38.9 Å². The molecule has 0 bridgehead atoms. The van der Waals surface area contributed by atoms with Crippen LogP contribution in [-0.4, -0.2) is 19.9 Å². The van der Waals surface area contributed by atoms with E-state index < -0.39 is 0 Å². The summed E-state index contributed by atoms with van der Waals surface area (Å²) in [6.07, 6.45) is 0. The molecule has 3 N–H and O–H groups in total. The molecule has 0 amide bonds. The van der Waals surface area contributed by atoms with E-state index in [9.17, 15) is 0 Å². The van der Waals surface area contributed by atoms with E-state index in [-0.39, 0.29) is 5.84 Å². The van der Waals surface area contributed by atoms with Crippen LogP contribution in [0.1, 0.15) is 107 Å². The lowest BCUT2D eigenvalue weighted by Crippen LogP contribution is -2.18. The van der Waals surface area contributed by atoms with Crippen molar-refractivity contribution in [2.45, 2.75) is 79.1 Å². The van der Waals surface area contributed by atoms with E-state index in [4.69, 9.17) is 11.1 Å². The van der Waals surface area contributed by atoms with Crippen molar-refractivity contribution in [1.82, 2.24) is 0 Å². The molecule has 3 heteroatoms. The molecular weight excluding hydrogens is 438 g/mol. The zero-order valence-electron chi connectivity index (χ0n) is 24.0. The number of hydrogen-bond donors (Lipinski definition) is 2. The Hall–Kier alpha value is -3.07. The number of nitrogen functional groups attached to an aromatic ring is 1. The molecule has 0 saturated heterocycles. The summed E-state index contributed by atoms with van der Waals surface area (Å²) in [5.41, 5.74) is 18.4. The largest absolute Gasteiger partial charge is 0.384 e. The normalized spacial score (nSPS) is 11.7. The molecule has 0 unspecified atom stereocenters. The molecule has 0 atom stereocenters. The number of rotatable bonds is 8. The van der Waals surface area contributed by atoms with Crippen LogP contribution in [0.3, 0.4) is 0 Å². The lowest BCUT2D eigenvalue weighted by atomic mass is 9.76. The highest BCUT2D eigenvalue weighted by Crippen LogP contribution is 2.50. The van der Waals surface area contributed by atoms with Gasteiger partial charge in [-0.1, -0.05) is 91.8 Å². The van der Waals surface area contributed by atoms with Crippen molar-refractivity contribution in [2.75, 3.05) is 19.0 Å². The third-order valence-corrected chi connectivity index (χ3v) is 7.20. The molecule has 3 aromatic carbocycles. The van der Waals surface area contributed by atoms with Crippen LogP contribution >= 0.6 is 0 Å². The van der Waals surface area contributed by atoms with Crippen LogP contribution in [-0.2, 0) is 0 Å². The Morgan fingerprint density at radius 1 is 0.583 bits per heavy atom. The van der Waals surface area contributed by atoms with Gasteiger partial charge in [-0.3, -0.25) is 5.41 Å². The van der Waals surface area contributed by atoms with Gasteiger partial charge in [0.1, 0.15) is 5.84 Å². The number of benzene rings is 3. The van der Waals surface area contributed by atoms with Crippen LogP contribution < -0.4 is 10.6 Å². The highest BCUT2D eigenvalue weighted by atomic mass is 15.1. The smallest absolute Gasteiger partial charge is 0.123 e. The molecule has 3 nitrogen and oxygen atoms in total. The van der Waals surface area contributed by atoms with Gasteiger partial charge in [-0.05, 0) is 69.2 Å². The summed E-state index contributed by atoms with van der Waals surface area (Å²) in [6, 6.07) is 17.6. The van der Waals surface area contributed by atoms with E-state index in [1.807, 2.05) is 6.07 Å². The zero-order chi connectivity index (χ0) is 26.9. The first kappa shape index (κ1) is 27.5. The van der Waals surface area contributed by atoms with Crippen molar-refractivity contribution < 1.29 is 0 Å². The van der Waals surface area contributed by atoms with Gasteiger partial charge in [0.15, 0.2) is 0 Å². The molecule has 0 heterocycles. The van der Waals surface area contributed by atoms with Crippen molar-refractivity contribution in [3.8, 4) is 22.3 Å². The Morgan fingerprint density at radius 3 is 1.25 bits per heavy atom. The minimum absolute atomic E-state index is 0.109. The molecule has 0 fully saturated rings. The fourth-order valence-electron chi connectivity index (χ4n) is 5.38. The molecule has 0 saturated carbocycles. The first-order valence-corrected chi connectivity index (χ1v) is 13.3. The predicted octanol–water partition coefficient (Wildman–Crippen LogP) is 8.86. The average Bonchev–Trinajstić information content (AvgIpc) is 2.81. The average molecular weight is 484 g/mol. The molecule has 0 aliphatic carbocycles. The summed E-state index contributed by atoms with van der Waals surface area (Å²) in [4.78, 5) is 2.21. The first-order chi connectivity index (χ1) is 16.9. The fourth-order valence-corrected chi connectivity index (χ4v) is 5.38. The van der Waals surface area contributed by atoms with Gasteiger partial charge in [-0.15, -0.1) is 0 Å². The Kier molecular flexibility index (Phi) is 8.33. The van der Waals surface area contributed by atoms with Crippen molar-refractivity contribution in [2.24, 2.45) is 5.73 Å². The number of nitrogens with zero attached hydrogens (tertiary/aromatic N) is 1. The summed E-state index contributed by atoms with van der Waals surface area (Å²) in [7, 11) is 4.22. The fraction of sp³-hybridized carbons (Fsp3) is 0.424. The second kappa shape index (κ2) is 10.9.